The van der Waals surface area contributed by atoms with Crippen LogP contribution in [0, 0.1) is 5.41 Å². The molecule has 0 saturated carbocycles. The first-order chi connectivity index (χ1) is 12.5. The zero-order valence-electron chi connectivity index (χ0n) is 15.0. The van der Waals surface area contributed by atoms with Gasteiger partial charge in [0, 0.05) is 19.3 Å². The van der Waals surface area contributed by atoms with Crippen molar-refractivity contribution in [3.05, 3.63) is 59.8 Å². The Morgan fingerprint density at radius 3 is 2.62 bits per heavy atom. The van der Waals surface area contributed by atoms with Crippen LogP contribution in [-0.2, 0) is 20.9 Å². The van der Waals surface area contributed by atoms with Crippen LogP contribution >= 0.6 is 0 Å². The maximum atomic E-state index is 12.6. The highest BCUT2D eigenvalue weighted by Gasteiger charge is 2.42. The average molecular weight is 354 g/mol. The molecule has 3 rings (SSSR count). The van der Waals surface area contributed by atoms with Crippen LogP contribution in [0.1, 0.15) is 29.3 Å². The predicted octanol–water partition coefficient (Wildman–Crippen LogP) is 2.83. The Morgan fingerprint density at radius 2 is 1.96 bits per heavy atom. The van der Waals surface area contributed by atoms with Gasteiger partial charge in [0.25, 0.3) is 0 Å². The number of carbonyl (C=O) groups is 2. The van der Waals surface area contributed by atoms with Gasteiger partial charge in [-0.3, -0.25) is 4.79 Å². The number of esters is 2. The van der Waals surface area contributed by atoms with Gasteiger partial charge in [-0.05, 0) is 31.0 Å². The number of ether oxygens (including phenoxy) is 2. The summed E-state index contributed by atoms with van der Waals surface area (Å²) in [7, 11) is 1.34. The van der Waals surface area contributed by atoms with E-state index >= 15 is 0 Å². The number of aromatic nitrogens is 1. The van der Waals surface area contributed by atoms with Crippen molar-refractivity contribution in [3.8, 4) is 0 Å². The Morgan fingerprint density at radius 1 is 1.19 bits per heavy atom. The number of anilines is 1. The molecule has 1 atom stereocenters. The summed E-state index contributed by atoms with van der Waals surface area (Å²) >= 11 is 0. The average Bonchev–Trinajstić information content (AvgIpc) is 3.10. The van der Waals surface area contributed by atoms with Crippen LogP contribution in [-0.4, -0.2) is 37.1 Å². The first-order valence-corrected chi connectivity index (χ1v) is 8.52. The molecule has 26 heavy (non-hydrogen) atoms. The van der Waals surface area contributed by atoms with E-state index in [2.05, 4.69) is 9.72 Å². The summed E-state index contributed by atoms with van der Waals surface area (Å²) in [4.78, 5) is 30.4. The fourth-order valence-corrected chi connectivity index (χ4v) is 3.03. The van der Waals surface area contributed by atoms with Crippen molar-refractivity contribution >= 4 is 17.8 Å². The highest BCUT2D eigenvalue weighted by Crippen LogP contribution is 2.34. The number of hydrogen-bond acceptors (Lipinski definition) is 6. The van der Waals surface area contributed by atoms with Crippen molar-refractivity contribution in [2.24, 2.45) is 5.41 Å². The predicted molar refractivity (Wildman–Crippen MR) is 96.8 cm³/mol. The second-order valence-electron chi connectivity index (χ2n) is 6.69. The minimum atomic E-state index is -0.572. The number of rotatable bonds is 5. The van der Waals surface area contributed by atoms with Crippen molar-refractivity contribution in [1.29, 1.82) is 0 Å². The van der Waals surface area contributed by atoms with Gasteiger partial charge in [0.05, 0.1) is 18.1 Å². The molecule has 1 aliphatic rings. The fraction of sp³-hybridized carbons (Fsp3) is 0.350. The quantitative estimate of drug-likeness (QED) is 0.769. The van der Waals surface area contributed by atoms with E-state index in [1.807, 2.05) is 42.2 Å². The summed E-state index contributed by atoms with van der Waals surface area (Å²) in [5, 5.41) is 0. The van der Waals surface area contributed by atoms with E-state index in [1.54, 1.807) is 12.1 Å². The molecule has 0 spiro atoms. The van der Waals surface area contributed by atoms with E-state index in [0.29, 0.717) is 25.1 Å². The number of benzene rings is 1. The van der Waals surface area contributed by atoms with Crippen molar-refractivity contribution in [2.45, 2.75) is 20.0 Å². The van der Waals surface area contributed by atoms with E-state index in [4.69, 9.17) is 4.74 Å². The lowest BCUT2D eigenvalue weighted by Crippen LogP contribution is -2.33. The molecule has 2 heterocycles. The summed E-state index contributed by atoms with van der Waals surface area (Å²) in [5.74, 6) is 0.118. The van der Waals surface area contributed by atoms with Crippen molar-refractivity contribution < 1.29 is 19.1 Å². The lowest BCUT2D eigenvalue weighted by atomic mass is 9.90. The molecule has 6 nitrogen and oxygen atoms in total. The third-order valence-electron chi connectivity index (χ3n) is 4.67. The SMILES string of the molecule is COC(=O)c1ccc(N2CCC(C)(C(=O)OCc3ccccc3)C2)nc1. The second kappa shape index (κ2) is 7.56. The standard InChI is InChI=1S/C20H22N2O4/c1-20(19(24)26-13-15-6-4-3-5-7-15)10-11-22(14-20)17-9-8-16(12-21-17)18(23)25-2/h3-9,12H,10-11,13-14H2,1-2H3. The second-order valence-corrected chi connectivity index (χ2v) is 6.69. The molecule has 0 N–H and O–H groups in total. The topological polar surface area (TPSA) is 68.7 Å². The van der Waals surface area contributed by atoms with Crippen molar-refractivity contribution in [2.75, 3.05) is 25.1 Å². The van der Waals surface area contributed by atoms with Gasteiger partial charge in [-0.25, -0.2) is 9.78 Å². The Bertz CT molecular complexity index is 776. The van der Waals surface area contributed by atoms with Crippen LogP contribution in [0.4, 0.5) is 5.82 Å². The number of pyridine rings is 1. The highest BCUT2D eigenvalue weighted by atomic mass is 16.5. The van der Waals surface area contributed by atoms with Crippen LogP contribution in [0.3, 0.4) is 0 Å². The minimum Gasteiger partial charge on any atom is -0.465 e. The van der Waals surface area contributed by atoms with Crippen LogP contribution in [0.2, 0.25) is 0 Å². The van der Waals surface area contributed by atoms with Gasteiger partial charge in [-0.1, -0.05) is 30.3 Å². The summed E-state index contributed by atoms with van der Waals surface area (Å²) in [6, 6.07) is 13.1. The fourth-order valence-electron chi connectivity index (χ4n) is 3.03. The summed E-state index contributed by atoms with van der Waals surface area (Å²) < 4.78 is 10.2. The lowest BCUT2D eigenvalue weighted by molar-refractivity contribution is -0.155. The smallest absolute Gasteiger partial charge is 0.339 e. The van der Waals surface area contributed by atoms with Crippen molar-refractivity contribution in [3.63, 3.8) is 0 Å². The van der Waals surface area contributed by atoms with E-state index < -0.39 is 11.4 Å². The van der Waals surface area contributed by atoms with Gasteiger partial charge in [0.15, 0.2) is 0 Å². The molecule has 2 aromatic rings. The van der Waals surface area contributed by atoms with Gasteiger partial charge in [0.2, 0.25) is 0 Å². The van der Waals surface area contributed by atoms with Gasteiger partial charge in [-0.15, -0.1) is 0 Å². The van der Waals surface area contributed by atoms with Crippen LogP contribution in [0.25, 0.3) is 0 Å². The highest BCUT2D eigenvalue weighted by molar-refractivity contribution is 5.89. The zero-order chi connectivity index (χ0) is 18.6. The molecular formula is C20H22N2O4. The largest absolute Gasteiger partial charge is 0.465 e. The van der Waals surface area contributed by atoms with Crippen LogP contribution in [0.5, 0.6) is 0 Å². The normalized spacial score (nSPS) is 19.2. The maximum Gasteiger partial charge on any atom is 0.339 e. The molecule has 1 fully saturated rings. The first-order valence-electron chi connectivity index (χ1n) is 8.52. The molecule has 1 aromatic heterocycles. The third-order valence-corrected chi connectivity index (χ3v) is 4.67. The molecule has 0 bridgehead atoms. The Hall–Kier alpha value is -2.89. The molecular weight excluding hydrogens is 332 g/mol. The molecule has 1 saturated heterocycles. The maximum absolute atomic E-state index is 12.6. The van der Waals surface area contributed by atoms with E-state index in [-0.39, 0.29) is 12.6 Å². The number of nitrogens with zero attached hydrogens (tertiary/aromatic N) is 2. The third kappa shape index (κ3) is 3.85. The van der Waals surface area contributed by atoms with Gasteiger partial charge in [-0.2, -0.15) is 0 Å². The number of carbonyl (C=O) groups excluding carboxylic acids is 2. The zero-order valence-corrected chi connectivity index (χ0v) is 15.0. The van der Waals surface area contributed by atoms with E-state index in [9.17, 15) is 9.59 Å². The van der Waals surface area contributed by atoms with E-state index in [0.717, 1.165) is 11.4 Å². The van der Waals surface area contributed by atoms with Gasteiger partial charge < -0.3 is 14.4 Å². The van der Waals surface area contributed by atoms with Crippen LogP contribution < -0.4 is 4.90 Å². The Balaban J connectivity index is 1.61. The lowest BCUT2D eigenvalue weighted by Gasteiger charge is -2.23. The molecule has 0 amide bonds. The molecule has 1 unspecified atom stereocenters. The minimum absolute atomic E-state index is 0.199. The summed E-state index contributed by atoms with van der Waals surface area (Å²) in [6.45, 7) is 3.44. The molecule has 6 heteroatoms. The van der Waals surface area contributed by atoms with E-state index in [1.165, 1.54) is 13.3 Å². The molecule has 0 radical (unpaired) electrons. The molecule has 136 valence electrons. The van der Waals surface area contributed by atoms with Gasteiger partial charge >= 0.3 is 11.9 Å². The number of methoxy groups -OCH3 is 1. The van der Waals surface area contributed by atoms with Crippen molar-refractivity contribution in [1.82, 2.24) is 4.98 Å². The Kier molecular flexibility index (Phi) is 5.21. The molecule has 0 aliphatic carbocycles. The Labute approximate surface area is 152 Å². The summed E-state index contributed by atoms with van der Waals surface area (Å²) in [6.07, 6.45) is 2.19. The monoisotopic (exact) mass is 354 g/mol. The number of hydrogen-bond donors (Lipinski definition) is 0. The first kappa shape index (κ1) is 17.9. The summed E-state index contributed by atoms with van der Waals surface area (Å²) in [5.41, 5.74) is 0.803. The molecule has 1 aromatic carbocycles. The van der Waals surface area contributed by atoms with Gasteiger partial charge in [0.1, 0.15) is 12.4 Å². The van der Waals surface area contributed by atoms with Crippen LogP contribution in [0.15, 0.2) is 48.7 Å². The molecule has 1 aliphatic heterocycles.